The van der Waals surface area contributed by atoms with E-state index < -0.39 is 0 Å². The van der Waals surface area contributed by atoms with Gasteiger partial charge in [0, 0.05) is 31.9 Å². The Morgan fingerprint density at radius 3 is 2.63 bits per heavy atom. The molecule has 0 saturated carbocycles. The second-order valence-corrected chi connectivity index (χ2v) is 6.21. The summed E-state index contributed by atoms with van der Waals surface area (Å²) in [6.07, 6.45) is 5.34. The van der Waals surface area contributed by atoms with Crippen molar-refractivity contribution in [3.8, 4) is 11.8 Å². The maximum absolute atomic E-state index is 9.78. The van der Waals surface area contributed by atoms with Crippen molar-refractivity contribution < 1.29 is 4.74 Å². The summed E-state index contributed by atoms with van der Waals surface area (Å²) < 4.78 is 9.08. The van der Waals surface area contributed by atoms with Crippen molar-refractivity contribution in [1.82, 2.24) is 24.5 Å². The summed E-state index contributed by atoms with van der Waals surface area (Å²) in [5.74, 6) is 1.22. The zero-order valence-corrected chi connectivity index (χ0v) is 15.0. The number of aromatic nitrogens is 5. The maximum Gasteiger partial charge on any atom is 0.232 e. The van der Waals surface area contributed by atoms with Gasteiger partial charge in [0.05, 0.1) is 30.7 Å². The van der Waals surface area contributed by atoms with Crippen LogP contribution < -0.4 is 4.90 Å². The van der Waals surface area contributed by atoms with Crippen molar-refractivity contribution in [3.05, 3.63) is 54.1 Å². The highest BCUT2D eigenvalue weighted by Gasteiger charge is 2.23. The molecule has 8 heteroatoms. The highest BCUT2D eigenvalue weighted by Crippen LogP contribution is 2.26. The molecule has 0 aliphatic carbocycles. The maximum atomic E-state index is 9.78. The minimum Gasteiger partial charge on any atom is -0.378 e. The highest BCUT2D eigenvalue weighted by molar-refractivity contribution is 5.87. The molecule has 8 nitrogen and oxygen atoms in total. The Hall–Kier alpha value is -3.44. The number of nitriles is 1. The van der Waals surface area contributed by atoms with Crippen LogP contribution in [0.3, 0.4) is 0 Å². The Morgan fingerprint density at radius 2 is 1.96 bits per heavy atom. The molecule has 3 heterocycles. The van der Waals surface area contributed by atoms with E-state index in [1.54, 1.807) is 17.0 Å². The number of benzene rings is 1. The zero-order valence-electron chi connectivity index (χ0n) is 15.0. The van der Waals surface area contributed by atoms with Crippen molar-refractivity contribution in [2.75, 3.05) is 31.2 Å². The molecule has 0 spiro atoms. The molecular weight excluding hydrogens is 342 g/mol. The van der Waals surface area contributed by atoms with Crippen molar-refractivity contribution in [3.63, 3.8) is 0 Å². The number of anilines is 1. The molecule has 27 heavy (non-hydrogen) atoms. The quantitative estimate of drug-likeness (QED) is 0.660. The van der Waals surface area contributed by atoms with Crippen LogP contribution >= 0.6 is 0 Å². The number of para-hydroxylation sites is 1. The Bertz CT molecular complexity index is 991. The van der Waals surface area contributed by atoms with Gasteiger partial charge in [-0.3, -0.25) is 9.25 Å². The number of ether oxygens (including phenoxy) is 1. The van der Waals surface area contributed by atoms with Gasteiger partial charge in [0.2, 0.25) is 5.95 Å². The van der Waals surface area contributed by atoms with E-state index >= 15 is 0 Å². The largest absolute Gasteiger partial charge is 0.378 e. The normalized spacial score (nSPS) is 15.0. The monoisotopic (exact) mass is 361 g/mol. The average molecular weight is 361 g/mol. The molecule has 3 aromatic rings. The fourth-order valence-electron chi connectivity index (χ4n) is 3.06. The number of hydrogen-bond donors (Lipinski definition) is 0. The summed E-state index contributed by atoms with van der Waals surface area (Å²) in [4.78, 5) is 2.13. The SMILES string of the molecule is Cn1cc(C=C(C#N)c2nnc(N3CCOCC3)n2-c2ccccc2)cn1. The number of morpholine rings is 1. The van der Waals surface area contributed by atoms with Gasteiger partial charge in [-0.2, -0.15) is 10.4 Å². The van der Waals surface area contributed by atoms with E-state index in [2.05, 4.69) is 26.3 Å². The Balaban J connectivity index is 1.83. The molecule has 4 rings (SSSR count). The van der Waals surface area contributed by atoms with Crippen LogP contribution in [0.2, 0.25) is 0 Å². The molecular formula is C19H19N7O. The lowest BCUT2D eigenvalue weighted by atomic mass is 10.2. The van der Waals surface area contributed by atoms with E-state index in [0.29, 0.717) is 30.6 Å². The van der Waals surface area contributed by atoms with E-state index in [9.17, 15) is 5.26 Å². The van der Waals surface area contributed by atoms with Gasteiger partial charge in [0.1, 0.15) is 6.07 Å². The molecule has 1 saturated heterocycles. The average Bonchev–Trinajstić information content (AvgIpc) is 3.33. The molecule has 0 radical (unpaired) electrons. The lowest BCUT2D eigenvalue weighted by molar-refractivity contribution is 0.122. The Morgan fingerprint density at radius 1 is 1.19 bits per heavy atom. The molecule has 0 atom stereocenters. The standard InChI is InChI=1S/C19H19N7O/c1-24-14-15(13-21-24)11-16(12-20)18-22-23-19(25-7-9-27-10-8-25)26(18)17-5-3-2-4-6-17/h2-6,11,13-14H,7-10H2,1H3. The summed E-state index contributed by atoms with van der Waals surface area (Å²) >= 11 is 0. The summed E-state index contributed by atoms with van der Waals surface area (Å²) in [7, 11) is 1.84. The number of nitrogens with zero attached hydrogens (tertiary/aromatic N) is 7. The molecule has 1 aromatic carbocycles. The van der Waals surface area contributed by atoms with Gasteiger partial charge in [-0.25, -0.2) is 0 Å². The van der Waals surface area contributed by atoms with Gasteiger partial charge in [0.25, 0.3) is 0 Å². The first-order chi connectivity index (χ1) is 13.3. The topological polar surface area (TPSA) is 84.8 Å². The van der Waals surface area contributed by atoms with Crippen LogP contribution in [0.15, 0.2) is 42.7 Å². The predicted octanol–water partition coefficient (Wildman–Crippen LogP) is 1.90. The highest BCUT2D eigenvalue weighted by atomic mass is 16.5. The third kappa shape index (κ3) is 3.45. The van der Waals surface area contributed by atoms with Crippen LogP contribution in [-0.2, 0) is 11.8 Å². The molecule has 0 amide bonds. The van der Waals surface area contributed by atoms with E-state index in [1.165, 1.54) is 0 Å². The van der Waals surface area contributed by atoms with Crippen LogP contribution in [0.4, 0.5) is 5.95 Å². The lowest BCUT2D eigenvalue weighted by Gasteiger charge is -2.28. The minimum absolute atomic E-state index is 0.430. The van der Waals surface area contributed by atoms with Crippen LogP contribution in [0.5, 0.6) is 0 Å². The van der Waals surface area contributed by atoms with Gasteiger partial charge in [-0.1, -0.05) is 18.2 Å². The van der Waals surface area contributed by atoms with Crippen LogP contribution in [0.1, 0.15) is 11.4 Å². The van der Waals surface area contributed by atoms with Crippen molar-refractivity contribution in [1.29, 1.82) is 5.26 Å². The summed E-state index contributed by atoms with van der Waals surface area (Å²) in [6, 6.07) is 12.1. The first-order valence-corrected chi connectivity index (χ1v) is 8.70. The molecule has 0 unspecified atom stereocenters. The fraction of sp³-hybridized carbons (Fsp3) is 0.263. The third-order valence-corrected chi connectivity index (χ3v) is 4.35. The van der Waals surface area contributed by atoms with Crippen molar-refractivity contribution >= 4 is 17.6 Å². The molecule has 136 valence electrons. The molecule has 1 fully saturated rings. The van der Waals surface area contributed by atoms with E-state index in [-0.39, 0.29) is 0 Å². The summed E-state index contributed by atoms with van der Waals surface area (Å²) in [5, 5.41) is 22.7. The van der Waals surface area contributed by atoms with Gasteiger partial charge in [0.15, 0.2) is 5.82 Å². The van der Waals surface area contributed by atoms with Crippen LogP contribution in [0, 0.1) is 11.3 Å². The van der Waals surface area contributed by atoms with Crippen LogP contribution in [-0.4, -0.2) is 50.8 Å². The van der Waals surface area contributed by atoms with E-state index in [4.69, 9.17) is 4.74 Å². The minimum atomic E-state index is 0.430. The smallest absolute Gasteiger partial charge is 0.232 e. The molecule has 0 bridgehead atoms. The third-order valence-electron chi connectivity index (χ3n) is 4.35. The predicted molar refractivity (Wildman–Crippen MR) is 101 cm³/mol. The lowest BCUT2D eigenvalue weighted by Crippen LogP contribution is -2.38. The molecule has 2 aromatic heterocycles. The number of rotatable bonds is 4. The Labute approximate surface area is 156 Å². The first-order valence-electron chi connectivity index (χ1n) is 8.70. The van der Waals surface area contributed by atoms with Gasteiger partial charge in [-0.15, -0.1) is 10.2 Å². The number of aryl methyl sites for hydroxylation is 1. The molecule has 1 aliphatic heterocycles. The van der Waals surface area contributed by atoms with Crippen molar-refractivity contribution in [2.45, 2.75) is 0 Å². The van der Waals surface area contributed by atoms with Crippen LogP contribution in [0.25, 0.3) is 17.3 Å². The molecule has 0 N–H and O–H groups in total. The summed E-state index contributed by atoms with van der Waals surface area (Å²) in [5.41, 5.74) is 2.18. The fourth-order valence-corrected chi connectivity index (χ4v) is 3.06. The van der Waals surface area contributed by atoms with Gasteiger partial charge < -0.3 is 9.64 Å². The second kappa shape index (κ2) is 7.43. The zero-order chi connectivity index (χ0) is 18.6. The number of allylic oxidation sites excluding steroid dienone is 1. The summed E-state index contributed by atoms with van der Waals surface area (Å²) in [6.45, 7) is 2.76. The Kier molecular flexibility index (Phi) is 4.68. The first kappa shape index (κ1) is 17.0. The van der Waals surface area contributed by atoms with E-state index in [0.717, 1.165) is 24.3 Å². The van der Waals surface area contributed by atoms with E-state index in [1.807, 2.05) is 48.1 Å². The second-order valence-electron chi connectivity index (χ2n) is 6.21. The molecule has 1 aliphatic rings. The van der Waals surface area contributed by atoms with Gasteiger partial charge in [-0.05, 0) is 18.2 Å². The number of hydrogen-bond acceptors (Lipinski definition) is 6. The van der Waals surface area contributed by atoms with Gasteiger partial charge >= 0.3 is 0 Å². The van der Waals surface area contributed by atoms with Crippen molar-refractivity contribution in [2.24, 2.45) is 7.05 Å².